The number of benzene rings is 2. The molecule has 6 nitrogen and oxygen atoms in total. The molecule has 35 heavy (non-hydrogen) atoms. The minimum atomic E-state index is -0.307. The predicted molar refractivity (Wildman–Crippen MR) is 139 cm³/mol. The second kappa shape index (κ2) is 9.81. The van der Waals surface area contributed by atoms with Crippen LogP contribution in [0.4, 0.5) is 5.95 Å². The van der Waals surface area contributed by atoms with Gasteiger partial charge in [-0.2, -0.15) is 0 Å². The van der Waals surface area contributed by atoms with Gasteiger partial charge in [-0.3, -0.25) is 0 Å². The molecule has 0 radical (unpaired) electrons. The second-order valence-corrected chi connectivity index (χ2v) is 9.53. The van der Waals surface area contributed by atoms with Crippen LogP contribution in [0.15, 0.2) is 73.3 Å². The third kappa shape index (κ3) is 4.73. The average Bonchev–Trinajstić information content (AvgIpc) is 3.49. The van der Waals surface area contributed by atoms with E-state index in [2.05, 4.69) is 76.6 Å². The average molecular weight is 466 g/mol. The Morgan fingerprint density at radius 1 is 0.971 bits per heavy atom. The topological polar surface area (TPSA) is 81.9 Å². The standard InChI is InChI=1S/C29H31N5O/c1-20(2)28-31-13-15-33(28)26(19-35)12-5-21-3-6-22(7-4-21)23-8-10-24(11-9-23)25-17-27(18-25)34-16-14-32-29(34)30/h3-4,6-11,13-16,20,25-27,35H,17-19H2,1-2H3,(H2,30,32)/t25?,26-,27?/m0/s1. The van der Waals surface area contributed by atoms with Gasteiger partial charge in [-0.1, -0.05) is 62.1 Å². The number of hydrogen-bond donors (Lipinski definition) is 2. The highest BCUT2D eigenvalue weighted by Crippen LogP contribution is 2.45. The van der Waals surface area contributed by atoms with Gasteiger partial charge >= 0.3 is 0 Å². The number of aromatic nitrogens is 4. The third-order valence-corrected chi connectivity index (χ3v) is 6.91. The number of rotatable bonds is 6. The van der Waals surface area contributed by atoms with Gasteiger partial charge in [0.15, 0.2) is 5.95 Å². The Morgan fingerprint density at radius 3 is 2.23 bits per heavy atom. The molecular formula is C29H31N5O. The zero-order valence-corrected chi connectivity index (χ0v) is 20.2. The van der Waals surface area contributed by atoms with Crippen LogP contribution in [0, 0.1) is 11.8 Å². The highest BCUT2D eigenvalue weighted by Gasteiger charge is 2.32. The Morgan fingerprint density at radius 2 is 1.63 bits per heavy atom. The third-order valence-electron chi connectivity index (χ3n) is 6.91. The first-order chi connectivity index (χ1) is 17.0. The van der Waals surface area contributed by atoms with Crippen molar-refractivity contribution in [3.05, 3.63) is 90.3 Å². The van der Waals surface area contributed by atoms with Gasteiger partial charge in [0, 0.05) is 42.3 Å². The quantitative estimate of drug-likeness (QED) is 0.386. The van der Waals surface area contributed by atoms with Crippen LogP contribution in [0.25, 0.3) is 11.1 Å². The van der Waals surface area contributed by atoms with Gasteiger partial charge in [0.2, 0.25) is 0 Å². The summed E-state index contributed by atoms with van der Waals surface area (Å²) in [4.78, 5) is 8.54. The number of aliphatic hydroxyl groups is 1. The van der Waals surface area contributed by atoms with Crippen molar-refractivity contribution >= 4 is 5.95 Å². The summed E-state index contributed by atoms with van der Waals surface area (Å²) in [7, 11) is 0. The van der Waals surface area contributed by atoms with Crippen molar-refractivity contribution < 1.29 is 5.11 Å². The van der Waals surface area contributed by atoms with E-state index >= 15 is 0 Å². The fourth-order valence-corrected chi connectivity index (χ4v) is 4.82. The lowest BCUT2D eigenvalue weighted by atomic mass is 9.75. The highest BCUT2D eigenvalue weighted by molar-refractivity contribution is 5.64. The Balaban J connectivity index is 1.23. The van der Waals surface area contributed by atoms with Gasteiger partial charge in [0.1, 0.15) is 11.9 Å². The van der Waals surface area contributed by atoms with Crippen LogP contribution in [-0.2, 0) is 0 Å². The van der Waals surface area contributed by atoms with E-state index in [0.717, 1.165) is 29.8 Å². The van der Waals surface area contributed by atoms with E-state index in [0.29, 0.717) is 17.9 Å². The molecule has 6 heteroatoms. The predicted octanol–water partition coefficient (Wildman–Crippen LogP) is 5.16. The summed E-state index contributed by atoms with van der Waals surface area (Å²) in [5.41, 5.74) is 10.6. The Kier molecular flexibility index (Phi) is 6.43. The van der Waals surface area contributed by atoms with Crippen molar-refractivity contribution in [2.75, 3.05) is 12.3 Å². The smallest absolute Gasteiger partial charge is 0.200 e. The Bertz CT molecular complexity index is 1330. The first kappa shape index (κ1) is 22.9. The summed E-state index contributed by atoms with van der Waals surface area (Å²) < 4.78 is 4.04. The molecule has 178 valence electrons. The fourth-order valence-electron chi connectivity index (χ4n) is 4.82. The van der Waals surface area contributed by atoms with Crippen molar-refractivity contribution in [2.45, 2.75) is 50.6 Å². The summed E-state index contributed by atoms with van der Waals surface area (Å²) >= 11 is 0. The summed E-state index contributed by atoms with van der Waals surface area (Å²) in [6, 6.07) is 17.3. The second-order valence-electron chi connectivity index (χ2n) is 9.53. The van der Waals surface area contributed by atoms with Crippen LogP contribution >= 0.6 is 0 Å². The van der Waals surface area contributed by atoms with Gasteiger partial charge in [-0.05, 0) is 47.6 Å². The lowest BCUT2D eigenvalue weighted by Crippen LogP contribution is -2.25. The molecule has 1 fully saturated rings. The van der Waals surface area contributed by atoms with E-state index < -0.39 is 0 Å². The highest BCUT2D eigenvalue weighted by atomic mass is 16.3. The molecule has 1 atom stereocenters. The molecular weight excluding hydrogens is 434 g/mol. The van der Waals surface area contributed by atoms with Crippen molar-refractivity contribution in [2.24, 2.45) is 0 Å². The summed E-state index contributed by atoms with van der Waals surface area (Å²) in [6.07, 6.45) is 9.58. The molecule has 2 aromatic heterocycles. The maximum absolute atomic E-state index is 9.87. The first-order valence-electron chi connectivity index (χ1n) is 12.2. The Hall–Kier alpha value is -3.82. The molecule has 1 saturated carbocycles. The van der Waals surface area contributed by atoms with Gasteiger partial charge in [-0.25, -0.2) is 9.97 Å². The molecule has 5 rings (SSSR count). The number of nitrogens with two attached hydrogens (primary N) is 1. The van der Waals surface area contributed by atoms with E-state index in [1.54, 1.807) is 12.4 Å². The molecule has 0 bridgehead atoms. The molecule has 0 spiro atoms. The number of nitrogen functional groups attached to an aromatic ring is 1. The first-order valence-corrected chi connectivity index (χ1v) is 12.2. The number of anilines is 1. The number of hydrogen-bond acceptors (Lipinski definition) is 4. The summed E-state index contributed by atoms with van der Waals surface area (Å²) in [5.74, 6) is 8.79. The lowest BCUT2D eigenvalue weighted by Gasteiger charge is -2.37. The van der Waals surface area contributed by atoms with Crippen molar-refractivity contribution in [1.82, 2.24) is 19.1 Å². The van der Waals surface area contributed by atoms with Crippen LogP contribution in [0.3, 0.4) is 0 Å². The van der Waals surface area contributed by atoms with Gasteiger partial charge < -0.3 is 20.0 Å². The monoisotopic (exact) mass is 465 g/mol. The van der Waals surface area contributed by atoms with Crippen LogP contribution in [0.5, 0.6) is 0 Å². The van der Waals surface area contributed by atoms with Crippen molar-refractivity contribution in [3.63, 3.8) is 0 Å². The van der Waals surface area contributed by atoms with Crippen LogP contribution in [0.1, 0.15) is 67.6 Å². The van der Waals surface area contributed by atoms with Gasteiger partial charge in [-0.15, -0.1) is 0 Å². The molecule has 0 aliphatic heterocycles. The van der Waals surface area contributed by atoms with E-state index in [1.165, 1.54) is 11.1 Å². The van der Waals surface area contributed by atoms with E-state index in [4.69, 9.17) is 5.73 Å². The number of aliphatic hydroxyl groups excluding tert-OH is 1. The largest absolute Gasteiger partial charge is 0.393 e. The van der Waals surface area contributed by atoms with E-state index in [-0.39, 0.29) is 18.6 Å². The summed E-state index contributed by atoms with van der Waals surface area (Å²) in [5, 5.41) is 9.87. The minimum Gasteiger partial charge on any atom is -0.393 e. The molecule has 0 unspecified atom stereocenters. The molecule has 1 aliphatic rings. The molecule has 0 amide bonds. The minimum absolute atomic E-state index is 0.0506. The van der Waals surface area contributed by atoms with Crippen LogP contribution in [-0.4, -0.2) is 30.8 Å². The Labute approximate surface area is 206 Å². The van der Waals surface area contributed by atoms with Crippen LogP contribution < -0.4 is 5.73 Å². The zero-order chi connectivity index (χ0) is 24.4. The van der Waals surface area contributed by atoms with E-state index in [1.807, 2.05) is 29.1 Å². The molecule has 2 aromatic carbocycles. The molecule has 1 aliphatic carbocycles. The van der Waals surface area contributed by atoms with Gasteiger partial charge in [0.05, 0.1) is 6.61 Å². The molecule has 3 N–H and O–H groups in total. The zero-order valence-electron chi connectivity index (χ0n) is 20.2. The van der Waals surface area contributed by atoms with Crippen LogP contribution in [0.2, 0.25) is 0 Å². The fraction of sp³-hybridized carbons (Fsp3) is 0.310. The number of nitrogens with zero attached hydrogens (tertiary/aromatic N) is 4. The maximum Gasteiger partial charge on any atom is 0.200 e. The maximum atomic E-state index is 9.87. The molecule has 2 heterocycles. The van der Waals surface area contributed by atoms with Crippen molar-refractivity contribution in [3.8, 4) is 23.0 Å². The number of imidazole rings is 2. The SMILES string of the molecule is CC(C)c1nccn1[C@@H](C#Cc1ccc(-c2ccc(C3CC(n4ccnc4N)C3)cc2)cc1)CO. The molecule has 4 aromatic rings. The normalized spacial score (nSPS) is 18.1. The molecule has 0 saturated heterocycles. The summed E-state index contributed by atoms with van der Waals surface area (Å²) in [6.45, 7) is 4.13. The van der Waals surface area contributed by atoms with Gasteiger partial charge in [0.25, 0.3) is 0 Å². The van der Waals surface area contributed by atoms with Crippen molar-refractivity contribution in [1.29, 1.82) is 0 Å². The lowest BCUT2D eigenvalue weighted by molar-refractivity contribution is 0.255. The van der Waals surface area contributed by atoms with E-state index in [9.17, 15) is 5.11 Å².